The van der Waals surface area contributed by atoms with Crippen molar-refractivity contribution in [1.82, 2.24) is 19.2 Å². The van der Waals surface area contributed by atoms with Crippen LogP contribution in [0.1, 0.15) is 5.56 Å². The Labute approximate surface area is 142 Å². The van der Waals surface area contributed by atoms with Crippen molar-refractivity contribution in [2.24, 2.45) is 0 Å². The summed E-state index contributed by atoms with van der Waals surface area (Å²) in [6.45, 7) is 0.757. The van der Waals surface area contributed by atoms with Crippen LogP contribution in [0.15, 0.2) is 66.7 Å². The topological polar surface area (TPSA) is 35.1 Å². The molecule has 0 saturated carbocycles. The Morgan fingerprint density at radius 2 is 1.67 bits per heavy atom. The van der Waals surface area contributed by atoms with Crippen molar-refractivity contribution >= 4 is 39.3 Å². The summed E-state index contributed by atoms with van der Waals surface area (Å²) >= 11 is 6.12. The Morgan fingerprint density at radius 1 is 0.875 bits per heavy atom. The number of fused-ring (bicyclic) bond motifs is 5. The van der Waals surface area contributed by atoms with Gasteiger partial charge in [0.15, 0.2) is 11.3 Å². The van der Waals surface area contributed by atoms with Crippen LogP contribution in [0.25, 0.3) is 27.7 Å². The Hall–Kier alpha value is -2.85. The molecule has 0 spiro atoms. The van der Waals surface area contributed by atoms with Gasteiger partial charge in [0.25, 0.3) is 0 Å². The van der Waals surface area contributed by atoms with E-state index < -0.39 is 0 Å². The largest absolute Gasteiger partial charge is 0.319 e. The average Bonchev–Trinajstić information content (AvgIpc) is 3.12. The van der Waals surface area contributed by atoms with Crippen LogP contribution in [0, 0.1) is 0 Å². The smallest absolute Gasteiger partial charge is 0.164 e. The Kier molecular flexibility index (Phi) is 2.87. The van der Waals surface area contributed by atoms with Crippen LogP contribution in [0.4, 0.5) is 0 Å². The van der Waals surface area contributed by atoms with Gasteiger partial charge in [-0.3, -0.25) is 0 Å². The summed E-state index contributed by atoms with van der Waals surface area (Å²) in [5.41, 5.74) is 5.11. The minimum atomic E-state index is 0.457. The lowest BCUT2D eigenvalue weighted by Gasteiger charge is -2.07. The number of benzene rings is 2. The summed E-state index contributed by atoms with van der Waals surface area (Å²) in [5.74, 6) is 0. The summed E-state index contributed by atoms with van der Waals surface area (Å²) in [6, 6.07) is 22.4. The highest BCUT2D eigenvalue weighted by atomic mass is 35.5. The molecule has 4 nitrogen and oxygen atoms in total. The van der Waals surface area contributed by atoms with Gasteiger partial charge in [-0.15, -0.1) is 0 Å². The maximum atomic E-state index is 6.12. The predicted molar refractivity (Wildman–Crippen MR) is 96.5 cm³/mol. The maximum Gasteiger partial charge on any atom is 0.164 e. The van der Waals surface area contributed by atoms with Gasteiger partial charge in [-0.05, 0) is 23.8 Å². The quantitative estimate of drug-likeness (QED) is 0.476. The number of aromatic nitrogens is 4. The Balaban J connectivity index is 1.90. The first-order chi connectivity index (χ1) is 11.8. The molecule has 0 N–H and O–H groups in total. The first kappa shape index (κ1) is 13.6. The second-order valence-electron chi connectivity index (χ2n) is 5.80. The van der Waals surface area contributed by atoms with Gasteiger partial charge in [0.2, 0.25) is 0 Å². The minimum Gasteiger partial charge on any atom is -0.319 e. The van der Waals surface area contributed by atoms with Crippen molar-refractivity contribution in [3.8, 4) is 0 Å². The number of nitrogens with zero attached hydrogens (tertiary/aromatic N) is 4. The molecule has 0 unspecified atom stereocenters. The number of hydrogen-bond donors (Lipinski definition) is 0. The van der Waals surface area contributed by atoms with E-state index in [0.717, 1.165) is 34.3 Å². The van der Waals surface area contributed by atoms with Crippen LogP contribution in [-0.4, -0.2) is 19.2 Å². The lowest BCUT2D eigenvalue weighted by Crippen LogP contribution is -2.03. The fourth-order valence-electron chi connectivity index (χ4n) is 3.27. The third-order valence-electron chi connectivity index (χ3n) is 4.31. The molecular weight excluding hydrogens is 320 g/mol. The molecule has 3 heterocycles. The first-order valence-electron chi connectivity index (χ1n) is 7.77. The van der Waals surface area contributed by atoms with E-state index in [4.69, 9.17) is 16.6 Å². The maximum absolute atomic E-state index is 6.12. The van der Waals surface area contributed by atoms with Crippen LogP contribution in [0.2, 0.25) is 5.15 Å². The van der Waals surface area contributed by atoms with Gasteiger partial charge in [-0.2, -0.15) is 9.61 Å². The highest BCUT2D eigenvalue weighted by Crippen LogP contribution is 2.30. The van der Waals surface area contributed by atoms with Gasteiger partial charge < -0.3 is 4.57 Å². The van der Waals surface area contributed by atoms with Gasteiger partial charge in [0, 0.05) is 11.9 Å². The van der Waals surface area contributed by atoms with Crippen molar-refractivity contribution < 1.29 is 0 Å². The molecule has 0 fully saturated rings. The van der Waals surface area contributed by atoms with Crippen LogP contribution >= 0.6 is 11.6 Å². The van der Waals surface area contributed by atoms with Crippen molar-refractivity contribution in [1.29, 1.82) is 0 Å². The van der Waals surface area contributed by atoms with E-state index in [1.807, 2.05) is 22.7 Å². The fraction of sp³-hybridized carbons (Fsp3) is 0.0526. The Bertz CT molecular complexity index is 1190. The predicted octanol–water partition coefficient (Wildman–Crippen LogP) is 4.54. The summed E-state index contributed by atoms with van der Waals surface area (Å²) in [7, 11) is 0. The standard InChI is InChI=1S/C19H13ClN4/c20-16-10-11-17-21-18-14-8-4-5-9-15(14)23(19(18)24(17)22-16)12-13-6-2-1-3-7-13/h1-11H,12H2. The van der Waals surface area contributed by atoms with E-state index in [1.54, 1.807) is 6.07 Å². The molecule has 0 aliphatic heterocycles. The molecule has 24 heavy (non-hydrogen) atoms. The van der Waals surface area contributed by atoms with Crippen molar-refractivity contribution in [3.05, 3.63) is 77.4 Å². The summed E-state index contributed by atoms with van der Waals surface area (Å²) in [6.07, 6.45) is 0. The van der Waals surface area contributed by atoms with Crippen LogP contribution in [0.3, 0.4) is 0 Å². The molecule has 5 aromatic rings. The second kappa shape index (κ2) is 5.08. The minimum absolute atomic E-state index is 0.457. The van der Waals surface area contributed by atoms with E-state index >= 15 is 0 Å². The first-order valence-corrected chi connectivity index (χ1v) is 8.15. The van der Waals surface area contributed by atoms with Gasteiger partial charge in [-0.25, -0.2) is 4.98 Å². The summed E-state index contributed by atoms with van der Waals surface area (Å²) in [4.78, 5) is 4.77. The molecule has 5 rings (SSSR count). The number of para-hydroxylation sites is 1. The molecule has 0 radical (unpaired) electrons. The summed E-state index contributed by atoms with van der Waals surface area (Å²) in [5, 5.41) is 6.05. The molecule has 3 aromatic heterocycles. The third kappa shape index (κ3) is 1.93. The molecule has 0 amide bonds. The number of rotatable bonds is 2. The normalized spacial score (nSPS) is 11.7. The fourth-order valence-corrected chi connectivity index (χ4v) is 3.41. The van der Waals surface area contributed by atoms with Gasteiger partial charge >= 0.3 is 0 Å². The zero-order valence-electron chi connectivity index (χ0n) is 12.7. The van der Waals surface area contributed by atoms with Crippen molar-refractivity contribution in [2.45, 2.75) is 6.54 Å². The number of halogens is 1. The zero-order valence-corrected chi connectivity index (χ0v) is 13.5. The highest BCUT2D eigenvalue weighted by molar-refractivity contribution is 6.29. The number of hydrogen-bond acceptors (Lipinski definition) is 2. The molecular formula is C19H13ClN4. The zero-order chi connectivity index (χ0) is 16.1. The van der Waals surface area contributed by atoms with Crippen molar-refractivity contribution in [2.75, 3.05) is 0 Å². The van der Waals surface area contributed by atoms with Crippen LogP contribution in [-0.2, 0) is 6.54 Å². The highest BCUT2D eigenvalue weighted by Gasteiger charge is 2.17. The molecule has 0 atom stereocenters. The SMILES string of the molecule is Clc1ccc2nc3c4ccccc4n(Cc4ccccc4)c3n2n1. The van der Waals surface area contributed by atoms with Crippen LogP contribution in [0.5, 0.6) is 0 Å². The van der Waals surface area contributed by atoms with Gasteiger partial charge in [-0.1, -0.05) is 60.1 Å². The molecule has 2 aromatic carbocycles. The summed E-state index contributed by atoms with van der Waals surface area (Å²) < 4.78 is 4.09. The van der Waals surface area contributed by atoms with Gasteiger partial charge in [0.1, 0.15) is 10.7 Å². The van der Waals surface area contributed by atoms with E-state index in [1.165, 1.54) is 5.56 Å². The molecule has 116 valence electrons. The van der Waals surface area contributed by atoms with Crippen molar-refractivity contribution in [3.63, 3.8) is 0 Å². The molecule has 0 bridgehead atoms. The lowest BCUT2D eigenvalue weighted by molar-refractivity contribution is 0.824. The average molecular weight is 333 g/mol. The second-order valence-corrected chi connectivity index (χ2v) is 6.19. The molecule has 0 aliphatic rings. The van der Waals surface area contributed by atoms with E-state index in [2.05, 4.69) is 52.1 Å². The van der Waals surface area contributed by atoms with E-state index in [9.17, 15) is 0 Å². The number of imidazole rings is 1. The Morgan fingerprint density at radius 3 is 2.54 bits per heavy atom. The van der Waals surface area contributed by atoms with E-state index in [-0.39, 0.29) is 0 Å². The molecule has 0 saturated heterocycles. The monoisotopic (exact) mass is 332 g/mol. The lowest BCUT2D eigenvalue weighted by atomic mass is 10.2. The molecule has 5 heteroatoms. The van der Waals surface area contributed by atoms with Gasteiger partial charge in [0.05, 0.1) is 5.52 Å². The van der Waals surface area contributed by atoms with Crippen LogP contribution < -0.4 is 0 Å². The third-order valence-corrected chi connectivity index (χ3v) is 4.51. The molecule has 0 aliphatic carbocycles. The van der Waals surface area contributed by atoms with E-state index in [0.29, 0.717) is 5.15 Å².